The number of carbonyl (C=O) groups excluding carboxylic acids is 1. The highest BCUT2D eigenvalue weighted by Gasteiger charge is 2.22. The van der Waals surface area contributed by atoms with Gasteiger partial charge in [-0.05, 0) is 44.6 Å². The number of nitrogens with one attached hydrogen (secondary N) is 1. The van der Waals surface area contributed by atoms with Gasteiger partial charge in [-0.15, -0.1) is 0 Å². The molecule has 1 fully saturated rings. The molecule has 1 saturated heterocycles. The molecule has 1 aliphatic heterocycles. The Morgan fingerprint density at radius 2 is 2.29 bits per heavy atom. The van der Waals surface area contributed by atoms with Crippen LogP contribution in [-0.4, -0.2) is 37.0 Å². The zero-order chi connectivity index (χ0) is 12.4. The van der Waals surface area contributed by atoms with E-state index >= 15 is 0 Å². The van der Waals surface area contributed by atoms with Crippen LogP contribution in [0, 0.1) is 6.92 Å². The van der Waals surface area contributed by atoms with Gasteiger partial charge >= 0.3 is 0 Å². The third-order valence-electron chi connectivity index (χ3n) is 3.35. The Labute approximate surface area is 102 Å². The van der Waals surface area contributed by atoms with Gasteiger partial charge in [0.2, 0.25) is 0 Å². The molecule has 1 atom stereocenters. The summed E-state index contributed by atoms with van der Waals surface area (Å²) in [6.45, 7) is 3.85. The molecule has 92 valence electrons. The molecule has 2 rings (SSSR count). The minimum absolute atomic E-state index is 0.0184. The first kappa shape index (κ1) is 11.9. The number of likely N-dealkylation sites (tertiary alicyclic amines) is 1. The first-order valence-electron chi connectivity index (χ1n) is 5.92. The lowest BCUT2D eigenvalue weighted by Crippen LogP contribution is -2.36. The molecule has 17 heavy (non-hydrogen) atoms. The number of nitrogens with two attached hydrogens (primary N) is 1. The molecule has 1 amide bonds. The van der Waals surface area contributed by atoms with Crippen molar-refractivity contribution in [2.24, 2.45) is 0 Å². The van der Waals surface area contributed by atoms with Gasteiger partial charge < -0.3 is 16.0 Å². The fourth-order valence-corrected chi connectivity index (χ4v) is 2.22. The Balaban J connectivity index is 2.07. The molecule has 0 radical (unpaired) electrons. The zero-order valence-electron chi connectivity index (χ0n) is 10.4. The van der Waals surface area contributed by atoms with E-state index in [9.17, 15) is 4.79 Å². The lowest BCUT2D eigenvalue weighted by molar-refractivity contribution is 0.0938. The van der Waals surface area contributed by atoms with E-state index < -0.39 is 0 Å². The van der Waals surface area contributed by atoms with Crippen molar-refractivity contribution in [1.29, 1.82) is 0 Å². The number of nitrogens with zero attached hydrogens (tertiary/aromatic N) is 1. The minimum Gasteiger partial charge on any atom is -0.398 e. The predicted octanol–water partition coefficient (Wildman–Crippen LogP) is 1.01. The van der Waals surface area contributed by atoms with E-state index in [-0.39, 0.29) is 11.9 Å². The van der Waals surface area contributed by atoms with E-state index in [1.165, 1.54) is 0 Å². The average Bonchev–Trinajstić information content (AvgIpc) is 2.68. The summed E-state index contributed by atoms with van der Waals surface area (Å²) >= 11 is 0. The van der Waals surface area contributed by atoms with E-state index in [0.29, 0.717) is 11.3 Å². The van der Waals surface area contributed by atoms with Gasteiger partial charge in [-0.2, -0.15) is 0 Å². The number of nitrogen functional groups attached to an aromatic ring is 1. The summed E-state index contributed by atoms with van der Waals surface area (Å²) < 4.78 is 0. The van der Waals surface area contributed by atoms with Gasteiger partial charge in [-0.25, -0.2) is 0 Å². The molecule has 0 bridgehead atoms. The quantitative estimate of drug-likeness (QED) is 0.750. The lowest BCUT2D eigenvalue weighted by atomic mass is 10.1. The summed E-state index contributed by atoms with van der Waals surface area (Å²) in [6, 6.07) is 5.71. The van der Waals surface area contributed by atoms with E-state index in [4.69, 9.17) is 5.73 Å². The van der Waals surface area contributed by atoms with Crippen molar-refractivity contribution < 1.29 is 4.79 Å². The predicted molar refractivity (Wildman–Crippen MR) is 69.0 cm³/mol. The highest BCUT2D eigenvalue weighted by molar-refractivity contribution is 5.97. The summed E-state index contributed by atoms with van der Waals surface area (Å²) in [5.41, 5.74) is 8.01. The molecule has 4 nitrogen and oxygen atoms in total. The van der Waals surface area contributed by atoms with Crippen molar-refractivity contribution in [3.8, 4) is 0 Å². The van der Waals surface area contributed by atoms with Crippen LogP contribution in [0.1, 0.15) is 22.3 Å². The van der Waals surface area contributed by atoms with Gasteiger partial charge in [0.05, 0.1) is 0 Å². The van der Waals surface area contributed by atoms with Crippen molar-refractivity contribution in [3.05, 3.63) is 29.3 Å². The second-order valence-electron chi connectivity index (χ2n) is 4.74. The van der Waals surface area contributed by atoms with Gasteiger partial charge in [-0.3, -0.25) is 4.79 Å². The van der Waals surface area contributed by atoms with Crippen LogP contribution in [0.15, 0.2) is 18.2 Å². The van der Waals surface area contributed by atoms with Gasteiger partial charge in [0.15, 0.2) is 0 Å². The molecule has 1 heterocycles. The second kappa shape index (κ2) is 4.75. The number of rotatable bonds is 2. The summed E-state index contributed by atoms with van der Waals surface area (Å²) in [5.74, 6) is -0.0184. The van der Waals surface area contributed by atoms with Crippen LogP contribution in [0.5, 0.6) is 0 Å². The zero-order valence-corrected chi connectivity index (χ0v) is 10.4. The first-order chi connectivity index (χ1) is 8.08. The largest absolute Gasteiger partial charge is 0.398 e. The maximum Gasteiger partial charge on any atom is 0.251 e. The number of hydrogen-bond acceptors (Lipinski definition) is 3. The maximum absolute atomic E-state index is 12.1. The van der Waals surface area contributed by atoms with Gasteiger partial charge in [0.25, 0.3) is 5.91 Å². The Bertz CT molecular complexity index is 431. The molecule has 1 unspecified atom stereocenters. The Hall–Kier alpha value is -1.55. The Kier molecular flexibility index (Phi) is 3.33. The van der Waals surface area contributed by atoms with Crippen molar-refractivity contribution >= 4 is 11.6 Å². The number of carbonyl (C=O) groups is 1. The van der Waals surface area contributed by atoms with E-state index in [1.54, 1.807) is 0 Å². The summed E-state index contributed by atoms with van der Waals surface area (Å²) in [4.78, 5) is 14.3. The molecule has 1 aromatic rings. The molecule has 1 aromatic carbocycles. The van der Waals surface area contributed by atoms with Crippen molar-refractivity contribution in [2.75, 3.05) is 25.9 Å². The Morgan fingerprint density at radius 1 is 1.53 bits per heavy atom. The number of anilines is 1. The van der Waals surface area contributed by atoms with Crippen LogP contribution in [0.4, 0.5) is 5.69 Å². The van der Waals surface area contributed by atoms with Gasteiger partial charge in [0, 0.05) is 23.8 Å². The summed E-state index contributed by atoms with van der Waals surface area (Å²) in [7, 11) is 2.07. The lowest BCUT2D eigenvalue weighted by Gasteiger charge is -2.14. The maximum atomic E-state index is 12.1. The van der Waals surface area contributed by atoms with Crippen LogP contribution in [-0.2, 0) is 0 Å². The molecular formula is C13H19N3O. The standard InChI is InChI=1S/C13H19N3O/c1-9-11(4-3-5-12(9)14)13(17)15-10-6-7-16(2)8-10/h3-5,10H,6-8,14H2,1-2H3,(H,15,17). The topological polar surface area (TPSA) is 58.4 Å². The number of hydrogen-bond donors (Lipinski definition) is 2. The average molecular weight is 233 g/mol. The Morgan fingerprint density at radius 3 is 2.94 bits per heavy atom. The monoisotopic (exact) mass is 233 g/mol. The fourth-order valence-electron chi connectivity index (χ4n) is 2.22. The van der Waals surface area contributed by atoms with Crippen LogP contribution in [0.2, 0.25) is 0 Å². The molecule has 0 aliphatic carbocycles. The molecule has 0 aromatic heterocycles. The van der Waals surface area contributed by atoms with Crippen molar-refractivity contribution in [1.82, 2.24) is 10.2 Å². The number of benzene rings is 1. The van der Waals surface area contributed by atoms with E-state index in [0.717, 1.165) is 25.1 Å². The molecule has 0 saturated carbocycles. The molecule has 1 aliphatic rings. The molecular weight excluding hydrogens is 214 g/mol. The van der Waals surface area contributed by atoms with Crippen molar-refractivity contribution in [2.45, 2.75) is 19.4 Å². The SMILES string of the molecule is Cc1c(N)cccc1C(=O)NC1CCN(C)C1. The fraction of sp³-hybridized carbons (Fsp3) is 0.462. The van der Waals surface area contributed by atoms with Crippen LogP contribution in [0.25, 0.3) is 0 Å². The van der Waals surface area contributed by atoms with E-state index in [2.05, 4.69) is 17.3 Å². The molecule has 0 spiro atoms. The van der Waals surface area contributed by atoms with Crippen molar-refractivity contribution in [3.63, 3.8) is 0 Å². The number of likely N-dealkylation sites (N-methyl/N-ethyl adjacent to an activating group) is 1. The first-order valence-corrected chi connectivity index (χ1v) is 5.92. The van der Waals surface area contributed by atoms with Crippen LogP contribution >= 0.6 is 0 Å². The van der Waals surface area contributed by atoms with Gasteiger partial charge in [-0.1, -0.05) is 6.07 Å². The third kappa shape index (κ3) is 2.58. The minimum atomic E-state index is -0.0184. The smallest absolute Gasteiger partial charge is 0.251 e. The van der Waals surface area contributed by atoms with Crippen LogP contribution in [0.3, 0.4) is 0 Å². The number of amides is 1. The normalized spacial score (nSPS) is 20.5. The highest BCUT2D eigenvalue weighted by Crippen LogP contribution is 2.16. The van der Waals surface area contributed by atoms with Crippen LogP contribution < -0.4 is 11.1 Å². The van der Waals surface area contributed by atoms with Gasteiger partial charge in [0.1, 0.15) is 0 Å². The summed E-state index contributed by atoms with van der Waals surface area (Å²) in [6.07, 6.45) is 1.02. The molecule has 4 heteroatoms. The highest BCUT2D eigenvalue weighted by atomic mass is 16.1. The molecule has 3 N–H and O–H groups in total. The third-order valence-corrected chi connectivity index (χ3v) is 3.35. The van der Waals surface area contributed by atoms with E-state index in [1.807, 2.05) is 25.1 Å². The second-order valence-corrected chi connectivity index (χ2v) is 4.74. The summed E-state index contributed by atoms with van der Waals surface area (Å²) in [5, 5.41) is 3.06.